The van der Waals surface area contributed by atoms with Gasteiger partial charge in [-0.05, 0) is 40.8 Å². The van der Waals surface area contributed by atoms with Crippen LogP contribution in [0, 0.1) is 0 Å². The predicted octanol–water partition coefficient (Wildman–Crippen LogP) is 5.67. The van der Waals surface area contributed by atoms with Crippen molar-refractivity contribution in [3.63, 3.8) is 0 Å². The first kappa shape index (κ1) is 13.1. The van der Waals surface area contributed by atoms with E-state index in [1.165, 1.54) is 11.1 Å². The molecule has 0 spiro atoms. The van der Waals surface area contributed by atoms with Gasteiger partial charge in [-0.1, -0.05) is 73.9 Å². The van der Waals surface area contributed by atoms with Gasteiger partial charge in [0.15, 0.2) is 0 Å². The van der Waals surface area contributed by atoms with Gasteiger partial charge < -0.3 is 0 Å². The minimum Gasteiger partial charge on any atom is -0.0985 e. The minimum atomic E-state index is 0. The number of benzene rings is 2. The van der Waals surface area contributed by atoms with Crippen LogP contribution < -0.4 is 0 Å². The highest BCUT2D eigenvalue weighted by molar-refractivity contribution is 5.83. The van der Waals surface area contributed by atoms with Crippen molar-refractivity contribution in [2.45, 2.75) is 6.92 Å². The zero-order chi connectivity index (χ0) is 13.7. The van der Waals surface area contributed by atoms with E-state index in [2.05, 4.69) is 43.5 Å². The standard InChI is InChI=1S/C19H18.H2/c1-4-9-17-11-6-7-13-19(17)15(3)18-12-8-10-16(5-2)14-18;/h4-14H,2-3H2,1H3;1H/b9-4-;. The van der Waals surface area contributed by atoms with Crippen LogP contribution in [0.5, 0.6) is 0 Å². The Balaban J connectivity index is 0.00000200. The zero-order valence-electron chi connectivity index (χ0n) is 11.3. The summed E-state index contributed by atoms with van der Waals surface area (Å²) in [5.74, 6) is 0. The molecule has 0 nitrogen and oxygen atoms in total. The zero-order valence-corrected chi connectivity index (χ0v) is 11.3. The Kier molecular flexibility index (Phi) is 4.15. The molecule has 0 atom stereocenters. The molecule has 0 saturated carbocycles. The van der Waals surface area contributed by atoms with E-state index in [-0.39, 0.29) is 1.43 Å². The van der Waals surface area contributed by atoms with Crippen LogP contribution in [0.25, 0.3) is 17.7 Å². The highest BCUT2D eigenvalue weighted by Crippen LogP contribution is 2.26. The molecule has 0 heteroatoms. The maximum Gasteiger partial charge on any atom is 0 e. The lowest BCUT2D eigenvalue weighted by molar-refractivity contribution is 1.52. The second kappa shape index (κ2) is 6.01. The Morgan fingerprint density at radius 2 is 1.89 bits per heavy atom. The Hall–Kier alpha value is -2.34. The summed E-state index contributed by atoms with van der Waals surface area (Å²) in [5.41, 5.74) is 5.65. The fourth-order valence-corrected chi connectivity index (χ4v) is 2.11. The third kappa shape index (κ3) is 2.92. The van der Waals surface area contributed by atoms with Crippen molar-refractivity contribution in [1.29, 1.82) is 0 Å². The van der Waals surface area contributed by atoms with Crippen LogP contribution in [0.4, 0.5) is 0 Å². The van der Waals surface area contributed by atoms with Crippen molar-refractivity contribution >= 4 is 17.7 Å². The predicted molar refractivity (Wildman–Crippen MR) is 87.9 cm³/mol. The lowest BCUT2D eigenvalue weighted by Crippen LogP contribution is -1.90. The van der Waals surface area contributed by atoms with Gasteiger partial charge in [-0.3, -0.25) is 0 Å². The van der Waals surface area contributed by atoms with Crippen molar-refractivity contribution in [2.75, 3.05) is 0 Å². The minimum absolute atomic E-state index is 0. The first-order valence-corrected chi connectivity index (χ1v) is 6.40. The molecule has 0 radical (unpaired) electrons. The van der Waals surface area contributed by atoms with Crippen LogP contribution in [0.3, 0.4) is 0 Å². The first-order chi connectivity index (χ1) is 9.26. The van der Waals surface area contributed by atoms with Gasteiger partial charge >= 0.3 is 0 Å². The largest absolute Gasteiger partial charge is 0.0985 e. The molecule has 0 bridgehead atoms. The molecule has 0 aromatic heterocycles. The van der Waals surface area contributed by atoms with Gasteiger partial charge in [0.25, 0.3) is 0 Å². The topological polar surface area (TPSA) is 0 Å². The van der Waals surface area contributed by atoms with E-state index in [4.69, 9.17) is 0 Å². The Morgan fingerprint density at radius 1 is 1.11 bits per heavy atom. The summed E-state index contributed by atoms with van der Waals surface area (Å²) in [6.07, 6.45) is 6.01. The third-order valence-electron chi connectivity index (χ3n) is 3.10. The maximum atomic E-state index is 4.25. The molecule has 0 saturated heterocycles. The normalized spacial score (nSPS) is 10.6. The van der Waals surface area contributed by atoms with Gasteiger partial charge in [0, 0.05) is 1.43 Å². The smallest absolute Gasteiger partial charge is 0 e. The average molecular weight is 248 g/mol. The summed E-state index contributed by atoms with van der Waals surface area (Å²) in [6.45, 7) is 10.1. The Morgan fingerprint density at radius 3 is 2.63 bits per heavy atom. The number of hydrogen-bond donors (Lipinski definition) is 0. The number of allylic oxidation sites excluding steroid dienone is 1. The van der Waals surface area contributed by atoms with Gasteiger partial charge in [-0.15, -0.1) is 0 Å². The second-order valence-corrected chi connectivity index (χ2v) is 4.40. The van der Waals surface area contributed by atoms with E-state index in [9.17, 15) is 0 Å². The quantitative estimate of drug-likeness (QED) is 0.654. The molecule has 2 aromatic rings. The van der Waals surface area contributed by atoms with E-state index in [1.54, 1.807) is 0 Å². The van der Waals surface area contributed by atoms with Crippen molar-refractivity contribution in [3.05, 3.63) is 90.0 Å². The number of rotatable bonds is 4. The fraction of sp³-hybridized carbons (Fsp3) is 0.0526. The second-order valence-electron chi connectivity index (χ2n) is 4.40. The molecule has 0 aliphatic rings. The molecule has 0 N–H and O–H groups in total. The Labute approximate surface area is 116 Å². The molecule has 0 unspecified atom stereocenters. The third-order valence-corrected chi connectivity index (χ3v) is 3.10. The van der Waals surface area contributed by atoms with E-state index in [1.807, 2.05) is 43.3 Å². The van der Waals surface area contributed by atoms with Crippen LogP contribution >= 0.6 is 0 Å². The summed E-state index contributed by atoms with van der Waals surface area (Å²) in [6, 6.07) is 16.6. The van der Waals surface area contributed by atoms with Crippen molar-refractivity contribution in [1.82, 2.24) is 0 Å². The Bertz CT molecular complexity index is 636. The van der Waals surface area contributed by atoms with Gasteiger partial charge in [0.05, 0.1) is 0 Å². The molecule has 0 aliphatic carbocycles. The van der Waals surface area contributed by atoms with E-state index in [0.717, 1.165) is 16.7 Å². The molecule has 19 heavy (non-hydrogen) atoms. The summed E-state index contributed by atoms with van der Waals surface area (Å²) in [5, 5.41) is 0. The van der Waals surface area contributed by atoms with Gasteiger partial charge in [0.2, 0.25) is 0 Å². The SMILES string of the molecule is C=Cc1cccc(C(=C)c2ccccc2/C=C\C)c1.[HH]. The molecule has 0 aliphatic heterocycles. The molecule has 0 amide bonds. The van der Waals surface area contributed by atoms with E-state index >= 15 is 0 Å². The molecule has 96 valence electrons. The summed E-state index contributed by atoms with van der Waals surface area (Å²) < 4.78 is 0. The summed E-state index contributed by atoms with van der Waals surface area (Å²) in [4.78, 5) is 0. The van der Waals surface area contributed by atoms with Gasteiger partial charge in [0.1, 0.15) is 0 Å². The van der Waals surface area contributed by atoms with E-state index in [0.29, 0.717) is 0 Å². The lowest BCUT2D eigenvalue weighted by atomic mass is 9.94. The monoisotopic (exact) mass is 248 g/mol. The molecule has 0 fully saturated rings. The highest BCUT2D eigenvalue weighted by Gasteiger charge is 2.05. The molecule has 2 rings (SSSR count). The first-order valence-electron chi connectivity index (χ1n) is 6.40. The maximum absolute atomic E-state index is 4.25. The average Bonchev–Trinajstić information content (AvgIpc) is 2.47. The van der Waals surface area contributed by atoms with Crippen LogP contribution in [0.2, 0.25) is 0 Å². The fourth-order valence-electron chi connectivity index (χ4n) is 2.11. The molecular weight excluding hydrogens is 228 g/mol. The van der Waals surface area contributed by atoms with Crippen LogP contribution in [-0.2, 0) is 0 Å². The van der Waals surface area contributed by atoms with Crippen molar-refractivity contribution < 1.29 is 1.43 Å². The van der Waals surface area contributed by atoms with Gasteiger partial charge in [-0.2, -0.15) is 0 Å². The lowest BCUT2D eigenvalue weighted by Gasteiger charge is -2.10. The number of hydrogen-bond acceptors (Lipinski definition) is 0. The summed E-state index contributed by atoms with van der Waals surface area (Å²) >= 11 is 0. The van der Waals surface area contributed by atoms with Crippen LogP contribution in [0.15, 0.2) is 67.8 Å². The van der Waals surface area contributed by atoms with Gasteiger partial charge in [-0.25, -0.2) is 0 Å². The molecule has 2 aromatic carbocycles. The molecule has 0 heterocycles. The molecular formula is C19H20. The highest BCUT2D eigenvalue weighted by atomic mass is 14.1. The van der Waals surface area contributed by atoms with Crippen LogP contribution in [0.1, 0.15) is 30.6 Å². The van der Waals surface area contributed by atoms with Crippen molar-refractivity contribution in [2.24, 2.45) is 0 Å². The summed E-state index contributed by atoms with van der Waals surface area (Å²) in [7, 11) is 0. The van der Waals surface area contributed by atoms with Crippen molar-refractivity contribution in [3.8, 4) is 0 Å². The van der Waals surface area contributed by atoms with Crippen LogP contribution in [-0.4, -0.2) is 0 Å². The van der Waals surface area contributed by atoms with E-state index < -0.39 is 0 Å².